The van der Waals surface area contributed by atoms with Crippen molar-refractivity contribution >= 4 is 0 Å². The van der Waals surface area contributed by atoms with E-state index in [-0.39, 0.29) is 80.8 Å². The van der Waals surface area contributed by atoms with Crippen LogP contribution in [0.3, 0.4) is 0 Å². The molecule has 6 nitrogen and oxygen atoms in total. The normalized spacial score (nSPS) is 23.1. The first-order valence-electron chi connectivity index (χ1n) is 26.5. The van der Waals surface area contributed by atoms with E-state index in [1.807, 2.05) is 36.4 Å². The van der Waals surface area contributed by atoms with E-state index in [4.69, 9.17) is 0 Å². The molecule has 4 aliphatic carbocycles. The second-order valence-corrected chi connectivity index (χ2v) is 22.4. The third-order valence-electron chi connectivity index (χ3n) is 18.1. The second kappa shape index (κ2) is 19.4. The van der Waals surface area contributed by atoms with Crippen molar-refractivity contribution in [1.29, 1.82) is 0 Å². The van der Waals surface area contributed by atoms with Crippen LogP contribution in [-0.2, 0) is 10.8 Å². The van der Waals surface area contributed by atoms with Gasteiger partial charge in [-0.25, -0.2) is 0 Å². The summed E-state index contributed by atoms with van der Waals surface area (Å²) in [4.78, 5) is 0. The highest BCUT2D eigenvalue weighted by molar-refractivity contribution is 5.58. The van der Waals surface area contributed by atoms with Crippen molar-refractivity contribution in [2.75, 3.05) is 0 Å². The van der Waals surface area contributed by atoms with Gasteiger partial charge >= 0.3 is 0 Å². The molecule has 368 valence electrons. The highest BCUT2D eigenvalue weighted by Gasteiger charge is 2.59. The molecule has 70 heavy (non-hydrogen) atoms. The van der Waals surface area contributed by atoms with Crippen LogP contribution in [0.4, 0.5) is 0 Å². The average Bonchev–Trinajstić information content (AvgIpc) is 3.35. The SMILES string of the molecule is CCC(C)c1cc(C(c2ccc(O)c(C(C)CC)c2)c2cc(C34CC5CC(C3)CC(c3ccc(O)c(C(c6ccc(O)c(C(C)CC)c6)c6ccc(O)c(C(C)CC)c6)c3)(C5)C4)ccc2O)ccc1O. The lowest BCUT2D eigenvalue weighted by Crippen LogP contribution is -2.56. The Labute approximate surface area is 417 Å². The zero-order valence-electron chi connectivity index (χ0n) is 42.8. The quantitative estimate of drug-likeness (QED) is 0.0538. The lowest BCUT2D eigenvalue weighted by atomic mass is 9.41. The Morgan fingerprint density at radius 2 is 0.629 bits per heavy atom. The molecule has 4 fully saturated rings. The van der Waals surface area contributed by atoms with E-state index in [1.54, 1.807) is 24.3 Å². The Balaban J connectivity index is 1.17. The summed E-state index contributed by atoms with van der Waals surface area (Å²) in [5.41, 5.74) is 11.4. The molecule has 4 bridgehead atoms. The lowest BCUT2D eigenvalue weighted by molar-refractivity contribution is -0.0282. The van der Waals surface area contributed by atoms with Crippen LogP contribution in [0.5, 0.6) is 34.5 Å². The van der Waals surface area contributed by atoms with Crippen molar-refractivity contribution in [3.63, 3.8) is 0 Å². The lowest BCUT2D eigenvalue weighted by Gasteiger charge is -2.63. The Kier molecular flexibility index (Phi) is 13.6. The van der Waals surface area contributed by atoms with E-state index in [0.29, 0.717) is 11.8 Å². The van der Waals surface area contributed by atoms with Gasteiger partial charge in [0, 0.05) is 23.0 Å². The summed E-state index contributed by atoms with van der Waals surface area (Å²) < 4.78 is 0. The van der Waals surface area contributed by atoms with Crippen molar-refractivity contribution in [2.24, 2.45) is 11.8 Å². The van der Waals surface area contributed by atoms with Crippen molar-refractivity contribution < 1.29 is 30.6 Å². The summed E-state index contributed by atoms with van der Waals surface area (Å²) in [5.74, 6) is 2.48. The molecule has 0 radical (unpaired) electrons. The second-order valence-electron chi connectivity index (χ2n) is 22.4. The summed E-state index contributed by atoms with van der Waals surface area (Å²) >= 11 is 0. The van der Waals surface area contributed by atoms with Crippen molar-refractivity contribution in [2.45, 2.75) is 166 Å². The molecule has 6 N–H and O–H groups in total. The molecule has 0 spiro atoms. The summed E-state index contributed by atoms with van der Waals surface area (Å²) in [6.07, 6.45) is 10.0. The molecule has 6 heteroatoms. The van der Waals surface area contributed by atoms with Gasteiger partial charge in [-0.2, -0.15) is 0 Å². The standard InChI is InChI=1S/C64H76O6/c1-9-37(5)49-26-43(13-19-55(49)65)61(44-14-20-56(66)50(27-44)38(6)10-2)53-30-47(17-23-59(53)69)63-32-41-25-42(33-63)35-64(34-41,36-63)48-18-24-60(70)54(31-48)62(45-15-21-57(67)51(28-45)39(7)11-3)46-16-22-58(68)52(29-46)40(8)12-4/h13-24,26-31,37-42,61-62,65-70H,9-12,25,32-36H2,1-8H3. The van der Waals surface area contributed by atoms with Gasteiger partial charge in [-0.05, 0) is 203 Å². The molecular weight excluding hydrogens is 865 g/mol. The zero-order valence-corrected chi connectivity index (χ0v) is 42.8. The minimum absolute atomic E-state index is 0.132. The van der Waals surface area contributed by atoms with E-state index in [9.17, 15) is 30.6 Å². The van der Waals surface area contributed by atoms with Crippen LogP contribution in [0.2, 0.25) is 0 Å². The van der Waals surface area contributed by atoms with Gasteiger partial charge in [-0.1, -0.05) is 128 Å². The molecule has 4 unspecified atom stereocenters. The Bertz CT molecular complexity index is 2550. The van der Waals surface area contributed by atoms with E-state index >= 15 is 0 Å². The van der Waals surface area contributed by atoms with Gasteiger partial charge in [0.25, 0.3) is 0 Å². The molecule has 0 saturated heterocycles. The predicted octanol–water partition coefficient (Wildman–Crippen LogP) is 16.1. The highest BCUT2D eigenvalue weighted by atomic mass is 16.3. The largest absolute Gasteiger partial charge is 0.508 e. The molecule has 6 aromatic rings. The fourth-order valence-corrected chi connectivity index (χ4v) is 13.7. The fourth-order valence-electron chi connectivity index (χ4n) is 13.7. The summed E-state index contributed by atoms with van der Waals surface area (Å²) in [5, 5.41) is 68.7. The molecule has 4 saturated carbocycles. The van der Waals surface area contributed by atoms with Gasteiger partial charge in [-0.3, -0.25) is 0 Å². The van der Waals surface area contributed by atoms with Crippen molar-refractivity contribution in [3.05, 3.63) is 176 Å². The minimum atomic E-state index is -0.354. The Morgan fingerprint density at radius 1 is 0.371 bits per heavy atom. The molecule has 4 atom stereocenters. The molecule has 6 aromatic carbocycles. The van der Waals surface area contributed by atoms with Crippen LogP contribution >= 0.6 is 0 Å². The van der Waals surface area contributed by atoms with Crippen molar-refractivity contribution in [3.8, 4) is 34.5 Å². The van der Waals surface area contributed by atoms with Crippen LogP contribution in [0.1, 0.15) is 222 Å². The van der Waals surface area contributed by atoms with Gasteiger partial charge in [0.05, 0.1) is 0 Å². The molecule has 4 aliphatic rings. The first-order valence-corrected chi connectivity index (χ1v) is 26.5. The van der Waals surface area contributed by atoms with E-state index in [0.717, 1.165) is 113 Å². The maximum atomic E-state index is 12.1. The summed E-state index contributed by atoms with van der Waals surface area (Å²) in [7, 11) is 0. The molecule has 0 amide bonds. The minimum Gasteiger partial charge on any atom is -0.508 e. The number of phenolic OH excluding ortho intramolecular Hbond substituents is 6. The zero-order chi connectivity index (χ0) is 49.8. The monoisotopic (exact) mass is 941 g/mol. The Hall–Kier alpha value is -5.88. The maximum absolute atomic E-state index is 12.1. The summed E-state index contributed by atoms with van der Waals surface area (Å²) in [6, 6.07) is 36.5. The maximum Gasteiger partial charge on any atom is 0.119 e. The number of hydrogen-bond acceptors (Lipinski definition) is 6. The Morgan fingerprint density at radius 3 is 0.900 bits per heavy atom. The van der Waals surface area contributed by atoms with Crippen LogP contribution < -0.4 is 0 Å². The average molecular weight is 941 g/mol. The fraction of sp³-hybridized carbons (Fsp3) is 0.438. The van der Waals surface area contributed by atoms with E-state index in [1.165, 1.54) is 17.5 Å². The van der Waals surface area contributed by atoms with Gasteiger partial charge in [0.2, 0.25) is 0 Å². The first-order chi connectivity index (χ1) is 33.5. The van der Waals surface area contributed by atoms with Crippen molar-refractivity contribution in [1.82, 2.24) is 0 Å². The smallest absolute Gasteiger partial charge is 0.119 e. The van der Waals surface area contributed by atoms with Gasteiger partial charge in [0.15, 0.2) is 0 Å². The number of phenols is 6. The number of hydrogen-bond donors (Lipinski definition) is 6. The molecule has 0 aliphatic heterocycles. The molecule has 10 rings (SSSR count). The van der Waals surface area contributed by atoms with Crippen LogP contribution in [0, 0.1) is 11.8 Å². The number of benzene rings is 6. The van der Waals surface area contributed by atoms with Crippen LogP contribution in [0.15, 0.2) is 109 Å². The number of rotatable bonds is 16. The summed E-state index contributed by atoms with van der Waals surface area (Å²) in [6.45, 7) is 17.1. The molecule has 0 heterocycles. The molecular formula is C64H76O6. The van der Waals surface area contributed by atoms with E-state index < -0.39 is 0 Å². The predicted molar refractivity (Wildman–Crippen MR) is 283 cm³/mol. The third kappa shape index (κ3) is 8.83. The molecule has 0 aromatic heterocycles. The van der Waals surface area contributed by atoms with Gasteiger partial charge < -0.3 is 30.6 Å². The number of aromatic hydroxyl groups is 6. The van der Waals surface area contributed by atoms with E-state index in [2.05, 4.69) is 104 Å². The van der Waals surface area contributed by atoms with Crippen LogP contribution in [-0.4, -0.2) is 30.6 Å². The topological polar surface area (TPSA) is 121 Å². The first kappa shape index (κ1) is 49.1. The van der Waals surface area contributed by atoms with Crippen LogP contribution in [0.25, 0.3) is 0 Å². The highest BCUT2D eigenvalue weighted by Crippen LogP contribution is 2.67. The van der Waals surface area contributed by atoms with Gasteiger partial charge in [-0.15, -0.1) is 0 Å². The van der Waals surface area contributed by atoms with Gasteiger partial charge in [0.1, 0.15) is 34.5 Å². The third-order valence-corrected chi connectivity index (χ3v) is 18.1.